The van der Waals surface area contributed by atoms with E-state index in [1.807, 2.05) is 0 Å². The highest BCUT2D eigenvalue weighted by Gasteiger charge is 2.05. The first kappa shape index (κ1) is 9.53. The zero-order chi connectivity index (χ0) is 9.84. The lowest BCUT2D eigenvalue weighted by atomic mass is 10.3. The van der Waals surface area contributed by atoms with Crippen molar-refractivity contribution in [1.82, 2.24) is 0 Å². The monoisotopic (exact) mass is 199 g/mol. The SMILES string of the molecule is O=C(S)Oc1ccc([N+](=O)[O-])cc1. The van der Waals surface area contributed by atoms with Crippen LogP contribution in [0.2, 0.25) is 0 Å². The van der Waals surface area contributed by atoms with Crippen molar-refractivity contribution in [3.8, 4) is 5.75 Å². The molecule has 0 aliphatic heterocycles. The fraction of sp³-hybridized carbons (Fsp3) is 0. The molecule has 0 saturated carbocycles. The van der Waals surface area contributed by atoms with E-state index in [0.717, 1.165) is 0 Å². The van der Waals surface area contributed by atoms with E-state index < -0.39 is 10.2 Å². The molecule has 5 nitrogen and oxygen atoms in total. The molecule has 0 heterocycles. The number of benzene rings is 1. The number of ether oxygens (including phenoxy) is 1. The van der Waals surface area contributed by atoms with Gasteiger partial charge in [-0.3, -0.25) is 10.1 Å². The Kier molecular flexibility index (Phi) is 2.86. The van der Waals surface area contributed by atoms with Crippen molar-refractivity contribution in [2.24, 2.45) is 0 Å². The van der Waals surface area contributed by atoms with Gasteiger partial charge in [0, 0.05) is 12.1 Å². The van der Waals surface area contributed by atoms with E-state index in [2.05, 4.69) is 17.4 Å². The molecule has 0 amide bonds. The molecule has 0 atom stereocenters. The lowest BCUT2D eigenvalue weighted by Gasteiger charge is -1.98. The maximum Gasteiger partial charge on any atom is 0.369 e. The molecule has 0 radical (unpaired) electrons. The summed E-state index contributed by atoms with van der Waals surface area (Å²) in [6, 6.07) is 5.14. The summed E-state index contributed by atoms with van der Waals surface area (Å²) < 4.78 is 4.55. The summed E-state index contributed by atoms with van der Waals surface area (Å²) in [5.41, 5.74) is -0.0565. The van der Waals surface area contributed by atoms with Gasteiger partial charge in [0.15, 0.2) is 0 Å². The van der Waals surface area contributed by atoms with Crippen LogP contribution in [0.1, 0.15) is 0 Å². The minimum Gasteiger partial charge on any atom is -0.419 e. The number of hydrogen-bond acceptors (Lipinski definition) is 4. The highest BCUT2D eigenvalue weighted by Crippen LogP contribution is 2.17. The minimum atomic E-state index is -0.756. The molecule has 0 aromatic heterocycles. The van der Waals surface area contributed by atoms with Crippen LogP contribution in [-0.2, 0) is 0 Å². The van der Waals surface area contributed by atoms with Crippen LogP contribution < -0.4 is 4.74 Å². The van der Waals surface area contributed by atoms with Crippen molar-refractivity contribution < 1.29 is 14.5 Å². The molecule has 0 N–H and O–H groups in total. The van der Waals surface area contributed by atoms with Crippen LogP contribution in [0.15, 0.2) is 24.3 Å². The van der Waals surface area contributed by atoms with Crippen LogP contribution in [0.4, 0.5) is 10.5 Å². The molecule has 0 fully saturated rings. The van der Waals surface area contributed by atoms with Crippen molar-refractivity contribution in [3.63, 3.8) is 0 Å². The van der Waals surface area contributed by atoms with Crippen LogP contribution in [0.25, 0.3) is 0 Å². The Balaban J connectivity index is 2.81. The molecule has 6 heteroatoms. The predicted octanol–water partition coefficient (Wildman–Crippen LogP) is 2.02. The molecule has 68 valence electrons. The topological polar surface area (TPSA) is 69.4 Å². The van der Waals surface area contributed by atoms with E-state index in [9.17, 15) is 14.9 Å². The van der Waals surface area contributed by atoms with Gasteiger partial charge in [0.1, 0.15) is 5.75 Å². The summed E-state index contributed by atoms with van der Waals surface area (Å²) in [5.74, 6) is 0.227. The number of rotatable bonds is 2. The molecule has 0 spiro atoms. The van der Waals surface area contributed by atoms with Gasteiger partial charge in [0.05, 0.1) is 4.92 Å². The largest absolute Gasteiger partial charge is 0.419 e. The van der Waals surface area contributed by atoms with E-state index in [0.29, 0.717) is 0 Å². The van der Waals surface area contributed by atoms with Crippen LogP contribution in [0.5, 0.6) is 5.75 Å². The Morgan fingerprint density at radius 3 is 2.31 bits per heavy atom. The molecular formula is C7H5NO4S. The average molecular weight is 199 g/mol. The van der Waals surface area contributed by atoms with Crippen molar-refractivity contribution in [3.05, 3.63) is 34.4 Å². The molecule has 0 aliphatic carbocycles. The van der Waals surface area contributed by atoms with Crippen molar-refractivity contribution in [2.75, 3.05) is 0 Å². The van der Waals surface area contributed by atoms with Gasteiger partial charge in [0.2, 0.25) is 0 Å². The highest BCUT2D eigenvalue weighted by atomic mass is 32.1. The maximum atomic E-state index is 10.3. The molecule has 1 rings (SSSR count). The van der Waals surface area contributed by atoms with Gasteiger partial charge in [-0.2, -0.15) is 0 Å². The molecule has 0 bridgehead atoms. The van der Waals surface area contributed by atoms with Crippen LogP contribution in [-0.4, -0.2) is 10.2 Å². The van der Waals surface area contributed by atoms with Crippen molar-refractivity contribution in [1.29, 1.82) is 0 Å². The second-order valence-electron chi connectivity index (χ2n) is 2.12. The van der Waals surface area contributed by atoms with Crippen LogP contribution in [0, 0.1) is 10.1 Å². The van der Waals surface area contributed by atoms with Crippen LogP contribution in [0.3, 0.4) is 0 Å². The van der Waals surface area contributed by atoms with E-state index in [-0.39, 0.29) is 11.4 Å². The minimum absolute atomic E-state index is 0.0565. The zero-order valence-corrected chi connectivity index (χ0v) is 7.23. The van der Waals surface area contributed by atoms with Crippen LogP contribution >= 0.6 is 12.6 Å². The number of nitrogens with zero attached hydrogens (tertiary/aromatic N) is 1. The summed E-state index contributed by atoms with van der Waals surface area (Å²) in [6.07, 6.45) is 0. The second kappa shape index (κ2) is 3.90. The fourth-order valence-corrected chi connectivity index (χ4v) is 0.842. The summed E-state index contributed by atoms with van der Waals surface area (Å²) >= 11 is 3.38. The first-order valence-corrected chi connectivity index (χ1v) is 3.69. The zero-order valence-electron chi connectivity index (χ0n) is 6.34. The molecular weight excluding hydrogens is 194 g/mol. The molecule has 1 aromatic carbocycles. The third-order valence-corrected chi connectivity index (χ3v) is 1.34. The van der Waals surface area contributed by atoms with Gasteiger partial charge < -0.3 is 4.74 Å². The summed E-state index contributed by atoms with van der Waals surface area (Å²) in [7, 11) is 0. The Labute approximate surface area is 78.9 Å². The van der Waals surface area contributed by atoms with Gasteiger partial charge in [0.25, 0.3) is 5.69 Å². The first-order chi connectivity index (χ1) is 6.09. The van der Waals surface area contributed by atoms with Gasteiger partial charge in [-0.15, -0.1) is 0 Å². The number of carbonyl (C=O) groups excluding carboxylic acids is 1. The normalized spacial score (nSPS) is 9.31. The highest BCUT2D eigenvalue weighted by molar-refractivity contribution is 7.96. The lowest BCUT2D eigenvalue weighted by Crippen LogP contribution is -1.96. The number of nitro benzene ring substituents is 1. The number of hydrogen-bond donors (Lipinski definition) is 1. The molecule has 0 unspecified atom stereocenters. The van der Waals surface area contributed by atoms with Gasteiger partial charge in [-0.25, -0.2) is 4.79 Å². The van der Waals surface area contributed by atoms with Crippen molar-refractivity contribution in [2.45, 2.75) is 0 Å². The fourth-order valence-electron chi connectivity index (χ4n) is 0.737. The number of non-ortho nitro benzene ring substituents is 1. The number of thiol groups is 1. The average Bonchev–Trinajstić information content (AvgIpc) is 2.04. The van der Waals surface area contributed by atoms with Crippen molar-refractivity contribution >= 4 is 23.6 Å². The number of carbonyl (C=O) groups is 1. The van der Waals surface area contributed by atoms with E-state index >= 15 is 0 Å². The Morgan fingerprint density at radius 1 is 1.38 bits per heavy atom. The van der Waals surface area contributed by atoms with Gasteiger partial charge >= 0.3 is 5.30 Å². The van der Waals surface area contributed by atoms with E-state index in [4.69, 9.17) is 0 Å². The third kappa shape index (κ3) is 2.75. The first-order valence-electron chi connectivity index (χ1n) is 3.25. The molecule has 0 aliphatic rings. The molecule has 1 aromatic rings. The molecule has 0 saturated heterocycles. The number of nitro groups is 1. The predicted molar refractivity (Wildman–Crippen MR) is 48.1 cm³/mol. The lowest BCUT2D eigenvalue weighted by molar-refractivity contribution is -0.384. The standard InChI is InChI=1S/C7H5NO4S/c9-7(13)12-6-3-1-5(2-4-6)8(10)11/h1-4H,(H,9,13). The Morgan fingerprint density at radius 2 is 1.92 bits per heavy atom. The molecule has 13 heavy (non-hydrogen) atoms. The van der Waals surface area contributed by atoms with E-state index in [1.54, 1.807) is 0 Å². The summed E-state index contributed by atoms with van der Waals surface area (Å²) in [4.78, 5) is 20.0. The summed E-state index contributed by atoms with van der Waals surface area (Å²) in [5, 5.41) is 9.46. The Hall–Kier alpha value is -1.56. The maximum absolute atomic E-state index is 10.3. The summed E-state index contributed by atoms with van der Waals surface area (Å²) in [6.45, 7) is 0. The second-order valence-corrected chi connectivity index (χ2v) is 2.48. The van der Waals surface area contributed by atoms with E-state index in [1.165, 1.54) is 24.3 Å². The quantitative estimate of drug-likeness (QED) is 0.342. The third-order valence-electron chi connectivity index (χ3n) is 1.25. The smallest absolute Gasteiger partial charge is 0.369 e. The van der Waals surface area contributed by atoms with Gasteiger partial charge in [-0.05, 0) is 12.1 Å². The Bertz CT molecular complexity index is 335. The van der Waals surface area contributed by atoms with Gasteiger partial charge in [-0.1, -0.05) is 12.6 Å².